The first-order chi connectivity index (χ1) is 12.0. The molecule has 0 atom stereocenters. The molecule has 0 unspecified atom stereocenters. The van der Waals surface area contributed by atoms with Crippen LogP contribution < -0.4 is 10.1 Å². The summed E-state index contributed by atoms with van der Waals surface area (Å²) in [5, 5.41) is 11.2. The van der Waals surface area contributed by atoms with Crippen molar-refractivity contribution in [3.05, 3.63) is 34.8 Å². The standard InChI is InChI=1S/C16H17N3O5S/c1-10-18-19-16(25-10)17-14(21)6-7-15(22)24-9-13(20)11-4-3-5-12(8-11)23-2/h3-5,8H,6-7,9H2,1-2H3,(H,17,19,21). The zero-order chi connectivity index (χ0) is 18.2. The average Bonchev–Trinajstić information content (AvgIpc) is 3.02. The first-order valence-corrected chi connectivity index (χ1v) is 8.22. The van der Waals surface area contributed by atoms with Gasteiger partial charge in [0.2, 0.25) is 11.0 Å². The van der Waals surface area contributed by atoms with Gasteiger partial charge in [0.25, 0.3) is 0 Å². The average molecular weight is 363 g/mol. The number of aryl methyl sites for hydroxylation is 1. The van der Waals surface area contributed by atoms with Crippen LogP contribution in [-0.2, 0) is 14.3 Å². The van der Waals surface area contributed by atoms with Crippen molar-refractivity contribution >= 4 is 34.1 Å². The zero-order valence-electron chi connectivity index (χ0n) is 13.8. The Morgan fingerprint density at radius 3 is 2.68 bits per heavy atom. The third-order valence-corrected chi connectivity index (χ3v) is 3.84. The van der Waals surface area contributed by atoms with Crippen molar-refractivity contribution in [1.29, 1.82) is 0 Å². The second-order valence-electron chi connectivity index (χ2n) is 4.99. The quantitative estimate of drug-likeness (QED) is 0.564. The summed E-state index contributed by atoms with van der Waals surface area (Å²) in [5.74, 6) is -0.797. The highest BCUT2D eigenvalue weighted by atomic mass is 32.1. The van der Waals surface area contributed by atoms with E-state index in [1.54, 1.807) is 31.2 Å². The molecule has 1 N–H and O–H groups in total. The van der Waals surface area contributed by atoms with Crippen LogP contribution in [0.4, 0.5) is 5.13 Å². The molecule has 0 bridgehead atoms. The van der Waals surface area contributed by atoms with Crippen molar-refractivity contribution < 1.29 is 23.9 Å². The van der Waals surface area contributed by atoms with Crippen LogP contribution in [0.2, 0.25) is 0 Å². The Morgan fingerprint density at radius 1 is 1.20 bits per heavy atom. The van der Waals surface area contributed by atoms with E-state index in [1.165, 1.54) is 18.4 Å². The topological polar surface area (TPSA) is 107 Å². The Hall–Kier alpha value is -2.81. The minimum atomic E-state index is -0.625. The zero-order valence-corrected chi connectivity index (χ0v) is 14.6. The maximum absolute atomic E-state index is 12.0. The van der Waals surface area contributed by atoms with Crippen LogP contribution in [0.25, 0.3) is 0 Å². The molecule has 0 saturated heterocycles. The minimum absolute atomic E-state index is 0.0647. The number of esters is 1. The predicted molar refractivity (Wildman–Crippen MR) is 90.8 cm³/mol. The normalized spacial score (nSPS) is 10.2. The summed E-state index contributed by atoms with van der Waals surface area (Å²) >= 11 is 1.24. The lowest BCUT2D eigenvalue weighted by Crippen LogP contribution is -2.17. The van der Waals surface area contributed by atoms with Gasteiger partial charge in [0.15, 0.2) is 12.4 Å². The van der Waals surface area contributed by atoms with E-state index in [0.717, 1.165) is 5.01 Å². The van der Waals surface area contributed by atoms with Crippen LogP contribution in [0.15, 0.2) is 24.3 Å². The monoisotopic (exact) mass is 363 g/mol. The van der Waals surface area contributed by atoms with Crippen LogP contribution in [-0.4, -0.2) is 41.6 Å². The molecular weight excluding hydrogens is 346 g/mol. The van der Waals surface area contributed by atoms with E-state index in [0.29, 0.717) is 16.4 Å². The maximum atomic E-state index is 12.0. The van der Waals surface area contributed by atoms with Gasteiger partial charge in [-0.25, -0.2) is 0 Å². The lowest BCUT2D eigenvalue weighted by molar-refractivity contribution is -0.143. The molecule has 0 fully saturated rings. The lowest BCUT2D eigenvalue weighted by atomic mass is 10.1. The highest BCUT2D eigenvalue weighted by Crippen LogP contribution is 2.14. The fourth-order valence-electron chi connectivity index (χ4n) is 1.84. The molecule has 132 valence electrons. The Bertz CT molecular complexity index is 775. The number of anilines is 1. The number of rotatable bonds is 8. The molecule has 1 heterocycles. The van der Waals surface area contributed by atoms with Gasteiger partial charge in [-0.15, -0.1) is 10.2 Å². The van der Waals surface area contributed by atoms with Crippen LogP contribution in [0.5, 0.6) is 5.75 Å². The first-order valence-electron chi connectivity index (χ1n) is 7.41. The molecule has 9 heteroatoms. The molecule has 25 heavy (non-hydrogen) atoms. The van der Waals surface area contributed by atoms with Crippen LogP contribution in [0.1, 0.15) is 28.2 Å². The molecular formula is C16H17N3O5S. The van der Waals surface area contributed by atoms with Gasteiger partial charge in [-0.05, 0) is 19.1 Å². The van der Waals surface area contributed by atoms with Crippen LogP contribution in [0.3, 0.4) is 0 Å². The first kappa shape index (κ1) is 18.5. The summed E-state index contributed by atoms with van der Waals surface area (Å²) in [7, 11) is 1.50. The van der Waals surface area contributed by atoms with Gasteiger partial charge < -0.3 is 14.8 Å². The van der Waals surface area contributed by atoms with Crippen molar-refractivity contribution in [2.75, 3.05) is 19.0 Å². The van der Waals surface area contributed by atoms with E-state index >= 15 is 0 Å². The van der Waals surface area contributed by atoms with E-state index in [1.807, 2.05) is 0 Å². The second kappa shape index (κ2) is 8.88. The summed E-state index contributed by atoms with van der Waals surface area (Å²) in [5.41, 5.74) is 0.386. The Morgan fingerprint density at radius 2 is 2.00 bits per heavy atom. The van der Waals surface area contributed by atoms with Gasteiger partial charge in [-0.3, -0.25) is 14.4 Å². The summed E-state index contributed by atoms with van der Waals surface area (Å²) < 4.78 is 9.93. The fourth-order valence-corrected chi connectivity index (χ4v) is 2.45. The second-order valence-corrected chi connectivity index (χ2v) is 6.17. The minimum Gasteiger partial charge on any atom is -0.497 e. The summed E-state index contributed by atoms with van der Waals surface area (Å²) in [6, 6.07) is 6.55. The number of carbonyl (C=O) groups excluding carboxylic acids is 3. The lowest BCUT2D eigenvalue weighted by Gasteiger charge is -2.06. The van der Waals surface area contributed by atoms with Crippen molar-refractivity contribution in [3.8, 4) is 5.75 Å². The van der Waals surface area contributed by atoms with E-state index < -0.39 is 5.97 Å². The molecule has 2 aromatic rings. The van der Waals surface area contributed by atoms with Gasteiger partial charge >= 0.3 is 5.97 Å². The number of aromatic nitrogens is 2. The Kier molecular flexibility index (Phi) is 6.58. The number of Topliss-reactive ketones (excluding diaryl/α,β-unsaturated/α-hetero) is 1. The molecule has 0 radical (unpaired) electrons. The molecule has 0 aliphatic rings. The number of hydrogen-bond donors (Lipinski definition) is 1. The largest absolute Gasteiger partial charge is 0.497 e. The smallest absolute Gasteiger partial charge is 0.306 e. The van der Waals surface area contributed by atoms with Crippen LogP contribution >= 0.6 is 11.3 Å². The molecule has 1 aromatic carbocycles. The molecule has 1 amide bonds. The predicted octanol–water partition coefficient (Wildman–Crippen LogP) is 2.00. The van der Waals surface area contributed by atoms with Gasteiger partial charge in [0, 0.05) is 12.0 Å². The number of amides is 1. The molecule has 0 saturated carbocycles. The Balaban J connectivity index is 1.72. The summed E-state index contributed by atoms with van der Waals surface area (Å²) in [6.45, 7) is 1.38. The number of methoxy groups -OCH3 is 1. The van der Waals surface area contributed by atoms with Crippen molar-refractivity contribution in [2.24, 2.45) is 0 Å². The van der Waals surface area contributed by atoms with Gasteiger partial charge in [0.1, 0.15) is 10.8 Å². The molecule has 0 aliphatic heterocycles. The number of carbonyl (C=O) groups is 3. The summed E-state index contributed by atoms with van der Waals surface area (Å²) in [4.78, 5) is 35.3. The highest BCUT2D eigenvalue weighted by molar-refractivity contribution is 7.15. The third kappa shape index (κ3) is 5.96. The molecule has 8 nitrogen and oxygen atoms in total. The molecule has 2 rings (SSSR count). The SMILES string of the molecule is COc1cccc(C(=O)COC(=O)CCC(=O)Nc2nnc(C)s2)c1. The molecule has 1 aromatic heterocycles. The number of nitrogens with zero attached hydrogens (tertiary/aromatic N) is 2. The maximum Gasteiger partial charge on any atom is 0.306 e. The number of ketones is 1. The van der Waals surface area contributed by atoms with Crippen molar-refractivity contribution in [2.45, 2.75) is 19.8 Å². The summed E-state index contributed by atoms with van der Waals surface area (Å²) in [6.07, 6.45) is -0.195. The fraction of sp³-hybridized carbons (Fsp3) is 0.312. The van der Waals surface area contributed by atoms with Crippen molar-refractivity contribution in [3.63, 3.8) is 0 Å². The van der Waals surface area contributed by atoms with Gasteiger partial charge in [-0.2, -0.15) is 0 Å². The van der Waals surface area contributed by atoms with E-state index in [9.17, 15) is 14.4 Å². The van der Waals surface area contributed by atoms with E-state index in [4.69, 9.17) is 9.47 Å². The Labute approximate surface area is 148 Å². The molecule has 0 aliphatic carbocycles. The third-order valence-electron chi connectivity index (χ3n) is 3.08. The number of hydrogen-bond acceptors (Lipinski definition) is 8. The van der Waals surface area contributed by atoms with Gasteiger partial charge in [0.05, 0.1) is 13.5 Å². The number of benzene rings is 1. The number of ether oxygens (including phenoxy) is 2. The van der Waals surface area contributed by atoms with Crippen molar-refractivity contribution in [1.82, 2.24) is 10.2 Å². The van der Waals surface area contributed by atoms with Crippen LogP contribution in [0, 0.1) is 6.92 Å². The van der Waals surface area contributed by atoms with E-state index in [2.05, 4.69) is 15.5 Å². The van der Waals surface area contributed by atoms with E-state index in [-0.39, 0.29) is 31.1 Å². The van der Waals surface area contributed by atoms with Gasteiger partial charge in [-0.1, -0.05) is 23.5 Å². The number of nitrogens with one attached hydrogen (secondary N) is 1. The molecule has 0 spiro atoms. The highest BCUT2D eigenvalue weighted by Gasteiger charge is 2.13.